The Morgan fingerprint density at radius 3 is 2.64 bits per heavy atom. The predicted octanol–water partition coefficient (Wildman–Crippen LogP) is 2.80. The average molecular weight is 312 g/mol. The van der Waals surface area contributed by atoms with E-state index in [0.717, 1.165) is 44.7 Å². The fraction of sp³-hybridized carbons (Fsp3) is 0.941. The van der Waals surface area contributed by atoms with Crippen LogP contribution in [0.3, 0.4) is 0 Å². The van der Waals surface area contributed by atoms with Gasteiger partial charge < -0.3 is 10.2 Å². The first-order valence-corrected chi connectivity index (χ1v) is 8.86. The minimum Gasteiger partial charge on any atom is -0.353 e. The van der Waals surface area contributed by atoms with Crippen molar-refractivity contribution in [3.8, 4) is 0 Å². The van der Waals surface area contributed by atoms with Crippen molar-refractivity contribution in [1.29, 1.82) is 0 Å². The summed E-state index contributed by atoms with van der Waals surface area (Å²) >= 11 is 0. The Morgan fingerprint density at radius 2 is 1.95 bits per heavy atom. The smallest absolute Gasteiger partial charge is 0.252 e. The summed E-state index contributed by atoms with van der Waals surface area (Å²) in [7, 11) is 0. The zero-order valence-corrected chi connectivity index (χ0v) is 13.1. The fourth-order valence-electron chi connectivity index (χ4n) is 4.91. The van der Waals surface area contributed by atoms with Gasteiger partial charge in [0.15, 0.2) is 0 Å². The highest BCUT2D eigenvalue weighted by atomic mass is 19.3. The third-order valence-corrected chi connectivity index (χ3v) is 6.34. The number of alkyl halides is 2. The van der Waals surface area contributed by atoms with Gasteiger partial charge in [-0.05, 0) is 50.0 Å². The van der Waals surface area contributed by atoms with Crippen molar-refractivity contribution in [3.63, 3.8) is 0 Å². The van der Waals surface area contributed by atoms with Gasteiger partial charge in [0.05, 0.1) is 0 Å². The van der Waals surface area contributed by atoms with E-state index < -0.39 is 5.92 Å². The van der Waals surface area contributed by atoms with E-state index in [0.29, 0.717) is 0 Å². The summed E-state index contributed by atoms with van der Waals surface area (Å²) < 4.78 is 25.9. The van der Waals surface area contributed by atoms with Gasteiger partial charge in [-0.1, -0.05) is 6.42 Å². The van der Waals surface area contributed by atoms with Crippen molar-refractivity contribution in [2.24, 2.45) is 17.3 Å². The first-order chi connectivity index (χ1) is 10.5. The van der Waals surface area contributed by atoms with Crippen LogP contribution in [0.5, 0.6) is 0 Å². The Hall–Kier alpha value is -0.710. The monoisotopic (exact) mass is 312 g/mol. The molecular formula is C17H26F2N2O. The summed E-state index contributed by atoms with van der Waals surface area (Å²) in [4.78, 5) is 15.1. The molecular weight excluding hydrogens is 286 g/mol. The molecule has 4 fully saturated rings. The molecule has 1 spiro atoms. The van der Waals surface area contributed by atoms with Crippen LogP contribution in [0.15, 0.2) is 0 Å². The molecule has 1 N–H and O–H groups in total. The third kappa shape index (κ3) is 2.77. The van der Waals surface area contributed by atoms with Crippen LogP contribution < -0.4 is 5.32 Å². The van der Waals surface area contributed by atoms with E-state index in [-0.39, 0.29) is 36.1 Å². The summed E-state index contributed by atoms with van der Waals surface area (Å²) in [6.45, 7) is 3.36. The zero-order chi connectivity index (χ0) is 15.4. The van der Waals surface area contributed by atoms with Gasteiger partial charge in [0, 0.05) is 37.9 Å². The van der Waals surface area contributed by atoms with Gasteiger partial charge in [-0.15, -0.1) is 0 Å². The SMILES string of the molecule is O=C(NC1CC(F)(F)C1)[C@H]1CCC[C@]12CCN(CC1CC1)C2. The lowest BCUT2D eigenvalue weighted by Crippen LogP contribution is -2.53. The number of hydrogen-bond donors (Lipinski definition) is 1. The molecule has 124 valence electrons. The summed E-state index contributed by atoms with van der Waals surface area (Å²) in [5.41, 5.74) is 0.130. The lowest BCUT2D eigenvalue weighted by molar-refractivity contribution is -0.135. The summed E-state index contributed by atoms with van der Waals surface area (Å²) in [6, 6.07) is -0.302. The molecule has 1 amide bonds. The summed E-state index contributed by atoms with van der Waals surface area (Å²) in [5, 5.41) is 2.90. The first-order valence-electron chi connectivity index (χ1n) is 8.86. The number of rotatable bonds is 4. The van der Waals surface area contributed by atoms with E-state index in [4.69, 9.17) is 0 Å². The molecule has 0 aromatic carbocycles. The van der Waals surface area contributed by atoms with E-state index >= 15 is 0 Å². The van der Waals surface area contributed by atoms with Crippen LogP contribution >= 0.6 is 0 Å². The number of amides is 1. The Kier molecular flexibility index (Phi) is 3.48. The van der Waals surface area contributed by atoms with E-state index in [1.807, 2.05) is 0 Å². The van der Waals surface area contributed by atoms with Crippen molar-refractivity contribution < 1.29 is 13.6 Å². The van der Waals surface area contributed by atoms with Crippen molar-refractivity contribution in [3.05, 3.63) is 0 Å². The number of likely N-dealkylation sites (tertiary alicyclic amines) is 1. The molecule has 5 heteroatoms. The second kappa shape index (κ2) is 5.15. The number of hydrogen-bond acceptors (Lipinski definition) is 2. The van der Waals surface area contributed by atoms with Gasteiger partial charge >= 0.3 is 0 Å². The Labute approximate surface area is 130 Å². The first kappa shape index (κ1) is 14.9. The Bertz CT molecular complexity index is 458. The topological polar surface area (TPSA) is 32.3 Å². The van der Waals surface area contributed by atoms with Crippen LogP contribution in [-0.2, 0) is 4.79 Å². The maximum Gasteiger partial charge on any atom is 0.252 e. The number of nitrogens with zero attached hydrogens (tertiary/aromatic N) is 1. The molecule has 1 saturated heterocycles. The minimum atomic E-state index is -2.56. The molecule has 0 bridgehead atoms. The molecule has 1 heterocycles. The van der Waals surface area contributed by atoms with Crippen LogP contribution in [0.25, 0.3) is 0 Å². The highest BCUT2D eigenvalue weighted by Crippen LogP contribution is 2.50. The van der Waals surface area contributed by atoms with E-state index in [2.05, 4.69) is 10.2 Å². The predicted molar refractivity (Wildman–Crippen MR) is 79.7 cm³/mol. The van der Waals surface area contributed by atoms with E-state index in [1.54, 1.807) is 0 Å². The summed E-state index contributed by atoms with van der Waals surface area (Å²) in [5.74, 6) is -1.57. The van der Waals surface area contributed by atoms with Crippen molar-refractivity contribution in [2.45, 2.75) is 63.3 Å². The van der Waals surface area contributed by atoms with Gasteiger partial charge in [0.25, 0.3) is 5.92 Å². The molecule has 4 aliphatic rings. The van der Waals surface area contributed by atoms with E-state index in [9.17, 15) is 13.6 Å². The van der Waals surface area contributed by atoms with Gasteiger partial charge in [-0.3, -0.25) is 4.79 Å². The van der Waals surface area contributed by atoms with Crippen molar-refractivity contribution in [2.75, 3.05) is 19.6 Å². The third-order valence-electron chi connectivity index (χ3n) is 6.34. The normalized spacial score (nSPS) is 38.4. The van der Waals surface area contributed by atoms with E-state index in [1.165, 1.54) is 19.4 Å². The van der Waals surface area contributed by atoms with Crippen molar-refractivity contribution in [1.82, 2.24) is 10.2 Å². The molecule has 2 atom stereocenters. The number of halogens is 2. The van der Waals surface area contributed by atoms with Gasteiger partial charge in [-0.25, -0.2) is 8.78 Å². The lowest BCUT2D eigenvalue weighted by atomic mass is 9.76. The molecule has 0 aromatic heterocycles. The van der Waals surface area contributed by atoms with Crippen LogP contribution in [0.1, 0.15) is 51.4 Å². The highest BCUT2D eigenvalue weighted by Gasteiger charge is 2.52. The zero-order valence-electron chi connectivity index (χ0n) is 13.1. The Balaban J connectivity index is 1.35. The van der Waals surface area contributed by atoms with Gasteiger partial charge in [-0.2, -0.15) is 0 Å². The lowest BCUT2D eigenvalue weighted by Gasteiger charge is -2.38. The molecule has 0 aromatic rings. The Morgan fingerprint density at radius 1 is 1.18 bits per heavy atom. The molecule has 4 rings (SSSR count). The second-order valence-electron chi connectivity index (χ2n) is 8.21. The quantitative estimate of drug-likeness (QED) is 0.866. The molecule has 0 unspecified atom stereocenters. The fourth-order valence-corrected chi connectivity index (χ4v) is 4.91. The number of carbonyl (C=O) groups is 1. The maximum absolute atomic E-state index is 12.9. The van der Waals surface area contributed by atoms with Crippen LogP contribution in [0, 0.1) is 17.3 Å². The summed E-state index contributed by atoms with van der Waals surface area (Å²) in [6.07, 6.45) is 6.67. The molecule has 3 saturated carbocycles. The van der Waals surface area contributed by atoms with Crippen LogP contribution in [0.4, 0.5) is 8.78 Å². The molecule has 3 aliphatic carbocycles. The number of carbonyl (C=O) groups excluding carboxylic acids is 1. The standard InChI is InChI=1S/C17H26F2N2O/c18-17(19)8-13(9-17)20-15(22)14-2-1-5-16(14)6-7-21(11-16)10-12-3-4-12/h12-14H,1-11H2,(H,20,22)/t14-,16-/m1/s1. The van der Waals surface area contributed by atoms with Crippen LogP contribution in [0.2, 0.25) is 0 Å². The maximum atomic E-state index is 12.9. The molecule has 3 nitrogen and oxygen atoms in total. The van der Waals surface area contributed by atoms with Crippen molar-refractivity contribution >= 4 is 5.91 Å². The number of nitrogens with one attached hydrogen (secondary N) is 1. The largest absolute Gasteiger partial charge is 0.353 e. The molecule has 22 heavy (non-hydrogen) atoms. The average Bonchev–Trinajstić information content (AvgIpc) is 2.99. The van der Waals surface area contributed by atoms with Gasteiger partial charge in [0.1, 0.15) is 0 Å². The second-order valence-corrected chi connectivity index (χ2v) is 8.21. The van der Waals surface area contributed by atoms with Crippen LogP contribution in [-0.4, -0.2) is 42.4 Å². The minimum absolute atomic E-state index is 0.0472. The highest BCUT2D eigenvalue weighted by molar-refractivity contribution is 5.80. The molecule has 1 aliphatic heterocycles. The molecule has 0 radical (unpaired) electrons. The van der Waals surface area contributed by atoms with Gasteiger partial charge in [0.2, 0.25) is 5.91 Å².